The number of nitrogens with zero attached hydrogens (tertiary/aromatic N) is 3. The highest BCUT2D eigenvalue weighted by Crippen LogP contribution is 2.20. The Balaban J connectivity index is 1.54. The van der Waals surface area contributed by atoms with Gasteiger partial charge in [0, 0.05) is 7.05 Å². The van der Waals surface area contributed by atoms with Crippen LogP contribution in [0.3, 0.4) is 0 Å². The minimum absolute atomic E-state index is 0.0956. The number of nitrogens with one attached hydrogen (secondary N) is 1. The Morgan fingerprint density at radius 1 is 1.18 bits per heavy atom. The number of hydrogen-bond donors (Lipinski definition) is 1. The molecule has 3 aromatic rings. The zero-order valence-corrected chi connectivity index (χ0v) is 16.7. The number of hydrogen-bond acceptors (Lipinski definition) is 5. The lowest BCUT2D eigenvalue weighted by Crippen LogP contribution is -2.15. The van der Waals surface area contributed by atoms with Crippen LogP contribution in [-0.2, 0) is 18.4 Å². The highest BCUT2D eigenvalue weighted by atomic mass is 32.2. The van der Waals surface area contributed by atoms with Gasteiger partial charge in [0.2, 0.25) is 5.91 Å². The summed E-state index contributed by atoms with van der Waals surface area (Å²) in [6.07, 6.45) is 0. The number of carbonyl (C=O) groups excluding carboxylic acids is 1. The Hall–Kier alpha value is -2.87. The quantitative estimate of drug-likeness (QED) is 0.610. The molecule has 1 N–H and O–H groups in total. The Labute approximate surface area is 167 Å². The van der Waals surface area contributed by atoms with E-state index in [2.05, 4.69) is 15.5 Å². The zero-order valence-electron chi connectivity index (χ0n) is 15.9. The standard InChI is InChI=1S/C20H21FN4O2S/c1-13-8-9-15(10-14(13)2)27-11-18-23-24-20(25(18)3)28-12-19(26)22-17-7-5-4-6-16(17)21/h4-10H,11-12H2,1-3H3,(H,22,26). The molecule has 3 rings (SSSR count). The molecule has 0 saturated heterocycles. The van der Waals surface area contributed by atoms with E-state index in [0.29, 0.717) is 11.0 Å². The van der Waals surface area contributed by atoms with Gasteiger partial charge < -0.3 is 14.6 Å². The number of anilines is 1. The molecule has 0 spiro atoms. The summed E-state index contributed by atoms with van der Waals surface area (Å²) < 4.78 is 21.2. The van der Waals surface area contributed by atoms with Gasteiger partial charge in [-0.1, -0.05) is 30.0 Å². The van der Waals surface area contributed by atoms with Gasteiger partial charge in [-0.3, -0.25) is 4.79 Å². The molecule has 1 aromatic heterocycles. The summed E-state index contributed by atoms with van der Waals surface area (Å²) in [4.78, 5) is 12.0. The summed E-state index contributed by atoms with van der Waals surface area (Å²) >= 11 is 1.23. The Bertz CT molecular complexity index is 990. The maximum atomic E-state index is 13.6. The van der Waals surface area contributed by atoms with Gasteiger partial charge in [-0.2, -0.15) is 0 Å². The number of rotatable bonds is 7. The van der Waals surface area contributed by atoms with Crippen molar-refractivity contribution < 1.29 is 13.9 Å². The fourth-order valence-corrected chi connectivity index (χ4v) is 3.16. The molecule has 0 fully saturated rings. The molecule has 146 valence electrons. The van der Waals surface area contributed by atoms with Crippen LogP contribution in [0, 0.1) is 19.7 Å². The highest BCUT2D eigenvalue weighted by Gasteiger charge is 2.13. The smallest absolute Gasteiger partial charge is 0.234 e. The molecule has 0 radical (unpaired) electrons. The number of aromatic nitrogens is 3. The molecule has 2 aromatic carbocycles. The van der Waals surface area contributed by atoms with Gasteiger partial charge in [-0.15, -0.1) is 10.2 Å². The number of amides is 1. The normalized spacial score (nSPS) is 10.7. The molecule has 0 saturated carbocycles. The van der Waals surface area contributed by atoms with Crippen LogP contribution in [0.4, 0.5) is 10.1 Å². The van der Waals surface area contributed by atoms with Gasteiger partial charge in [-0.05, 0) is 49.2 Å². The molecular formula is C20H21FN4O2S. The SMILES string of the molecule is Cc1ccc(OCc2nnc(SCC(=O)Nc3ccccc3F)n2C)cc1C. The molecule has 0 unspecified atom stereocenters. The first kappa shape index (κ1) is 19.9. The maximum absolute atomic E-state index is 13.6. The fraction of sp³-hybridized carbons (Fsp3) is 0.250. The summed E-state index contributed by atoms with van der Waals surface area (Å²) in [5.41, 5.74) is 2.53. The van der Waals surface area contributed by atoms with Gasteiger partial charge >= 0.3 is 0 Å². The van der Waals surface area contributed by atoms with Crippen LogP contribution >= 0.6 is 11.8 Å². The average molecular weight is 400 g/mol. The van der Waals surface area contributed by atoms with Crippen molar-refractivity contribution in [3.8, 4) is 5.75 Å². The molecule has 0 aliphatic heterocycles. The number of carbonyl (C=O) groups is 1. The van der Waals surface area contributed by atoms with Crippen molar-refractivity contribution >= 4 is 23.4 Å². The second-order valence-electron chi connectivity index (χ2n) is 6.31. The van der Waals surface area contributed by atoms with E-state index >= 15 is 0 Å². The van der Waals surface area contributed by atoms with E-state index in [4.69, 9.17) is 4.74 Å². The second kappa shape index (κ2) is 8.88. The van der Waals surface area contributed by atoms with Crippen LogP contribution < -0.4 is 10.1 Å². The molecular weight excluding hydrogens is 379 g/mol. The molecule has 0 aliphatic rings. The van der Waals surface area contributed by atoms with E-state index in [1.54, 1.807) is 16.7 Å². The summed E-state index contributed by atoms with van der Waals surface area (Å²) in [5, 5.41) is 11.4. The summed E-state index contributed by atoms with van der Waals surface area (Å²) in [5.74, 6) is 0.731. The number of thioether (sulfide) groups is 1. The number of benzene rings is 2. The van der Waals surface area contributed by atoms with Gasteiger partial charge in [-0.25, -0.2) is 4.39 Å². The average Bonchev–Trinajstić information content (AvgIpc) is 3.03. The minimum atomic E-state index is -0.467. The van der Waals surface area contributed by atoms with Crippen molar-refractivity contribution in [1.29, 1.82) is 0 Å². The summed E-state index contributed by atoms with van der Waals surface area (Å²) in [6.45, 7) is 4.35. The predicted octanol–water partition coefficient (Wildman–Crippen LogP) is 3.88. The predicted molar refractivity (Wildman–Crippen MR) is 107 cm³/mol. The van der Waals surface area contributed by atoms with E-state index in [1.807, 2.05) is 39.1 Å². The Kier molecular flexibility index (Phi) is 6.30. The van der Waals surface area contributed by atoms with Crippen LogP contribution in [0.1, 0.15) is 17.0 Å². The third-order valence-electron chi connectivity index (χ3n) is 4.25. The topological polar surface area (TPSA) is 69.0 Å². The minimum Gasteiger partial charge on any atom is -0.486 e. The lowest BCUT2D eigenvalue weighted by Gasteiger charge is -2.08. The van der Waals surface area contributed by atoms with Crippen molar-refractivity contribution in [2.24, 2.45) is 7.05 Å². The third-order valence-corrected chi connectivity index (χ3v) is 5.27. The third kappa shape index (κ3) is 4.89. The van der Waals surface area contributed by atoms with Gasteiger partial charge in [0.05, 0.1) is 11.4 Å². The number of halogens is 1. The number of para-hydroxylation sites is 1. The molecule has 28 heavy (non-hydrogen) atoms. The van der Waals surface area contributed by atoms with Crippen molar-refractivity contribution in [2.45, 2.75) is 25.6 Å². The van der Waals surface area contributed by atoms with Crippen LogP contribution in [0.15, 0.2) is 47.6 Å². The van der Waals surface area contributed by atoms with Gasteiger partial charge in [0.15, 0.2) is 11.0 Å². The highest BCUT2D eigenvalue weighted by molar-refractivity contribution is 7.99. The second-order valence-corrected chi connectivity index (χ2v) is 7.25. The summed E-state index contributed by atoms with van der Waals surface area (Å²) in [7, 11) is 1.82. The number of ether oxygens (including phenoxy) is 1. The monoisotopic (exact) mass is 400 g/mol. The van der Waals surface area contributed by atoms with E-state index in [-0.39, 0.29) is 24.0 Å². The lowest BCUT2D eigenvalue weighted by atomic mass is 10.1. The van der Waals surface area contributed by atoms with Crippen molar-refractivity contribution in [1.82, 2.24) is 14.8 Å². The zero-order chi connectivity index (χ0) is 20.1. The largest absolute Gasteiger partial charge is 0.486 e. The van der Waals surface area contributed by atoms with Crippen LogP contribution in [0.2, 0.25) is 0 Å². The van der Waals surface area contributed by atoms with Crippen molar-refractivity contribution in [3.05, 3.63) is 65.2 Å². The molecule has 0 atom stereocenters. The fourth-order valence-electron chi connectivity index (χ4n) is 2.43. The van der Waals surface area contributed by atoms with Crippen molar-refractivity contribution in [2.75, 3.05) is 11.1 Å². The van der Waals surface area contributed by atoms with E-state index in [0.717, 1.165) is 11.3 Å². The molecule has 1 heterocycles. The first-order valence-corrected chi connectivity index (χ1v) is 9.68. The van der Waals surface area contributed by atoms with E-state index < -0.39 is 5.82 Å². The van der Waals surface area contributed by atoms with Gasteiger partial charge in [0.25, 0.3) is 0 Å². The Morgan fingerprint density at radius 2 is 1.96 bits per heavy atom. The van der Waals surface area contributed by atoms with Gasteiger partial charge in [0.1, 0.15) is 18.2 Å². The molecule has 8 heteroatoms. The lowest BCUT2D eigenvalue weighted by molar-refractivity contribution is -0.113. The van der Waals surface area contributed by atoms with Crippen LogP contribution in [-0.4, -0.2) is 26.4 Å². The Morgan fingerprint density at radius 3 is 2.71 bits per heavy atom. The molecule has 0 bridgehead atoms. The van der Waals surface area contributed by atoms with Crippen molar-refractivity contribution in [3.63, 3.8) is 0 Å². The first-order chi connectivity index (χ1) is 13.4. The van der Waals surface area contributed by atoms with E-state index in [9.17, 15) is 9.18 Å². The molecule has 1 amide bonds. The molecule has 0 aliphatic carbocycles. The number of aryl methyl sites for hydroxylation is 2. The first-order valence-electron chi connectivity index (χ1n) is 8.69. The summed E-state index contributed by atoms with van der Waals surface area (Å²) in [6, 6.07) is 12.0. The molecule has 6 nitrogen and oxygen atoms in total. The van der Waals surface area contributed by atoms with E-state index in [1.165, 1.54) is 29.5 Å². The van der Waals surface area contributed by atoms with Crippen LogP contribution in [0.25, 0.3) is 0 Å². The maximum Gasteiger partial charge on any atom is 0.234 e. The van der Waals surface area contributed by atoms with Crippen LogP contribution in [0.5, 0.6) is 5.75 Å².